The Morgan fingerprint density at radius 2 is 1.88 bits per heavy atom. The van der Waals surface area contributed by atoms with Gasteiger partial charge in [-0.25, -0.2) is 0 Å². The Hall–Kier alpha value is -1.85. The van der Waals surface area contributed by atoms with E-state index in [0.29, 0.717) is 5.69 Å². The average molecular weight is 238 g/mol. The van der Waals surface area contributed by atoms with Crippen LogP contribution < -0.4 is 21.1 Å². The molecule has 92 valence electrons. The number of hydrogen-bond acceptors (Lipinski definition) is 5. The second-order valence-corrected chi connectivity index (χ2v) is 4.15. The Kier molecular flexibility index (Phi) is 3.12. The molecule has 1 aromatic rings. The van der Waals surface area contributed by atoms with Crippen molar-refractivity contribution < 1.29 is 9.90 Å². The highest BCUT2D eigenvalue weighted by molar-refractivity contribution is 5.76. The number of carboxylic acids is 1. The summed E-state index contributed by atoms with van der Waals surface area (Å²) in [6.07, 6.45) is 1.97. The Bertz CT molecular complexity index is 496. The number of nitrogens with one attached hydrogen (secondary N) is 1. The Morgan fingerprint density at radius 1 is 1.24 bits per heavy atom. The maximum atomic E-state index is 11.5. The monoisotopic (exact) mass is 238 g/mol. The first-order valence-corrected chi connectivity index (χ1v) is 5.65. The Balaban J connectivity index is 2.06. The smallest absolute Gasteiger partial charge is 0.305 e. The Labute approximate surface area is 97.5 Å². The number of rotatable bonds is 5. The zero-order valence-corrected chi connectivity index (χ0v) is 9.36. The summed E-state index contributed by atoms with van der Waals surface area (Å²) in [5, 5.41) is 11.2. The van der Waals surface area contributed by atoms with E-state index < -0.39 is 16.8 Å². The van der Waals surface area contributed by atoms with E-state index in [-0.39, 0.29) is 18.7 Å². The van der Waals surface area contributed by atoms with Crippen LogP contribution in [-0.4, -0.2) is 30.7 Å². The van der Waals surface area contributed by atoms with Crippen molar-refractivity contribution in [1.29, 1.82) is 0 Å². The van der Waals surface area contributed by atoms with Crippen LogP contribution in [0.3, 0.4) is 0 Å². The van der Waals surface area contributed by atoms with Crippen LogP contribution in [0.5, 0.6) is 0 Å². The molecule has 1 heterocycles. The predicted octanol–water partition coefficient (Wildman–Crippen LogP) is -0.231. The van der Waals surface area contributed by atoms with E-state index in [0.717, 1.165) is 25.9 Å². The molecule has 1 aliphatic rings. The molecule has 1 saturated heterocycles. The molecule has 0 spiro atoms. The molecule has 17 heavy (non-hydrogen) atoms. The standard InChI is InChI=1S/C11H14N2O4/c14-7(15)3-4-12-8-9(11(17)10(8)16)13-5-1-2-6-13/h12H,1-6H2,(H,14,15). The van der Waals surface area contributed by atoms with Crippen molar-refractivity contribution in [3.05, 3.63) is 20.4 Å². The van der Waals surface area contributed by atoms with Gasteiger partial charge in [-0.2, -0.15) is 0 Å². The molecule has 1 aliphatic heterocycles. The number of carbonyl (C=O) groups is 1. The van der Waals surface area contributed by atoms with Gasteiger partial charge < -0.3 is 15.3 Å². The summed E-state index contributed by atoms with van der Waals surface area (Å²) in [6, 6.07) is 0. The van der Waals surface area contributed by atoms with Crippen LogP contribution in [0.15, 0.2) is 9.59 Å². The zero-order chi connectivity index (χ0) is 12.4. The topological polar surface area (TPSA) is 86.7 Å². The number of carboxylic acid groups (broad SMARTS) is 1. The maximum Gasteiger partial charge on any atom is 0.305 e. The lowest BCUT2D eigenvalue weighted by Gasteiger charge is -2.22. The summed E-state index contributed by atoms with van der Waals surface area (Å²) in [6.45, 7) is 1.75. The van der Waals surface area contributed by atoms with Gasteiger partial charge in [-0.15, -0.1) is 0 Å². The lowest BCUT2D eigenvalue weighted by molar-refractivity contribution is -0.136. The first-order valence-electron chi connectivity index (χ1n) is 5.65. The molecule has 0 atom stereocenters. The minimum absolute atomic E-state index is 0.0712. The SMILES string of the molecule is O=C(O)CCNc1c(N2CCCC2)c(=O)c1=O. The van der Waals surface area contributed by atoms with Crippen molar-refractivity contribution in [2.75, 3.05) is 29.9 Å². The predicted molar refractivity (Wildman–Crippen MR) is 63.5 cm³/mol. The van der Waals surface area contributed by atoms with Crippen LogP contribution >= 0.6 is 0 Å². The first kappa shape index (κ1) is 11.6. The quantitative estimate of drug-likeness (QED) is 0.689. The van der Waals surface area contributed by atoms with Gasteiger partial charge in [-0.05, 0) is 12.8 Å². The molecule has 2 rings (SSSR count). The molecule has 6 heteroatoms. The number of anilines is 2. The third-order valence-corrected chi connectivity index (χ3v) is 2.95. The van der Waals surface area contributed by atoms with Crippen LogP contribution in [0.2, 0.25) is 0 Å². The van der Waals surface area contributed by atoms with Gasteiger partial charge in [0.05, 0.1) is 6.42 Å². The number of nitrogens with zero attached hydrogens (tertiary/aromatic N) is 1. The molecule has 0 bridgehead atoms. The number of aliphatic carboxylic acids is 1. The molecule has 0 radical (unpaired) electrons. The lowest BCUT2D eigenvalue weighted by atomic mass is 10.1. The summed E-state index contributed by atoms with van der Waals surface area (Å²) in [4.78, 5) is 35.1. The zero-order valence-electron chi connectivity index (χ0n) is 9.36. The van der Waals surface area contributed by atoms with Gasteiger partial charge in [-0.1, -0.05) is 0 Å². The highest BCUT2D eigenvalue weighted by atomic mass is 16.4. The van der Waals surface area contributed by atoms with Crippen molar-refractivity contribution in [2.24, 2.45) is 0 Å². The third-order valence-electron chi connectivity index (χ3n) is 2.95. The number of hydrogen-bond donors (Lipinski definition) is 2. The summed E-state index contributed by atoms with van der Waals surface area (Å²) in [5.74, 6) is -0.932. The van der Waals surface area contributed by atoms with E-state index in [2.05, 4.69) is 5.32 Å². The molecular weight excluding hydrogens is 224 g/mol. The van der Waals surface area contributed by atoms with Gasteiger partial charge in [0.25, 0.3) is 10.9 Å². The lowest BCUT2D eigenvalue weighted by Crippen LogP contribution is -2.41. The van der Waals surface area contributed by atoms with E-state index in [1.807, 2.05) is 4.90 Å². The second kappa shape index (κ2) is 4.57. The largest absolute Gasteiger partial charge is 0.481 e. The molecule has 6 nitrogen and oxygen atoms in total. The van der Waals surface area contributed by atoms with Gasteiger partial charge in [0.1, 0.15) is 11.4 Å². The normalized spacial score (nSPS) is 15.4. The van der Waals surface area contributed by atoms with Gasteiger partial charge >= 0.3 is 5.97 Å². The highest BCUT2D eigenvalue weighted by Crippen LogP contribution is 2.23. The van der Waals surface area contributed by atoms with Crippen molar-refractivity contribution in [2.45, 2.75) is 19.3 Å². The van der Waals surface area contributed by atoms with Crippen molar-refractivity contribution in [1.82, 2.24) is 0 Å². The fraction of sp³-hybridized carbons (Fsp3) is 0.545. The first-order chi connectivity index (χ1) is 8.11. The van der Waals surface area contributed by atoms with Gasteiger partial charge in [0.2, 0.25) is 0 Å². The highest BCUT2D eigenvalue weighted by Gasteiger charge is 2.27. The molecule has 0 aliphatic carbocycles. The average Bonchev–Trinajstić information content (AvgIpc) is 2.80. The molecular formula is C11H14N2O4. The molecule has 0 saturated carbocycles. The van der Waals surface area contributed by atoms with Crippen LogP contribution in [0, 0.1) is 0 Å². The fourth-order valence-electron chi connectivity index (χ4n) is 2.08. The molecule has 0 aromatic heterocycles. The van der Waals surface area contributed by atoms with Crippen LogP contribution in [0.4, 0.5) is 11.4 Å². The summed E-state index contributed by atoms with van der Waals surface area (Å²) < 4.78 is 0. The third kappa shape index (κ3) is 2.15. The van der Waals surface area contributed by atoms with E-state index >= 15 is 0 Å². The van der Waals surface area contributed by atoms with E-state index in [1.165, 1.54) is 0 Å². The van der Waals surface area contributed by atoms with Crippen molar-refractivity contribution in [3.63, 3.8) is 0 Å². The van der Waals surface area contributed by atoms with E-state index in [4.69, 9.17) is 5.11 Å². The second-order valence-electron chi connectivity index (χ2n) is 4.15. The fourth-order valence-corrected chi connectivity index (χ4v) is 2.08. The van der Waals surface area contributed by atoms with Gasteiger partial charge in [-0.3, -0.25) is 14.4 Å². The van der Waals surface area contributed by atoms with Crippen LogP contribution in [0.1, 0.15) is 19.3 Å². The molecule has 0 unspecified atom stereocenters. The summed E-state index contributed by atoms with van der Waals surface area (Å²) in [7, 11) is 0. The molecule has 1 aromatic carbocycles. The summed E-state index contributed by atoms with van der Waals surface area (Å²) in [5.41, 5.74) is -0.252. The van der Waals surface area contributed by atoms with Crippen molar-refractivity contribution >= 4 is 17.3 Å². The maximum absolute atomic E-state index is 11.5. The van der Waals surface area contributed by atoms with E-state index in [1.54, 1.807) is 0 Å². The van der Waals surface area contributed by atoms with Crippen LogP contribution in [-0.2, 0) is 4.79 Å². The van der Waals surface area contributed by atoms with Crippen LogP contribution in [0.25, 0.3) is 0 Å². The minimum atomic E-state index is -0.932. The minimum Gasteiger partial charge on any atom is -0.481 e. The molecule has 0 amide bonds. The van der Waals surface area contributed by atoms with E-state index in [9.17, 15) is 14.4 Å². The van der Waals surface area contributed by atoms with Gasteiger partial charge in [0.15, 0.2) is 0 Å². The molecule has 1 fully saturated rings. The summed E-state index contributed by atoms with van der Waals surface area (Å²) >= 11 is 0. The van der Waals surface area contributed by atoms with Crippen molar-refractivity contribution in [3.8, 4) is 0 Å². The Morgan fingerprint density at radius 3 is 2.47 bits per heavy atom. The molecule has 2 N–H and O–H groups in total. The van der Waals surface area contributed by atoms with Gasteiger partial charge in [0, 0.05) is 19.6 Å².